The van der Waals surface area contributed by atoms with Gasteiger partial charge in [0.25, 0.3) is 0 Å². The van der Waals surface area contributed by atoms with E-state index in [0.717, 1.165) is 11.1 Å². The van der Waals surface area contributed by atoms with Crippen LogP contribution < -0.4 is 4.74 Å². The third kappa shape index (κ3) is 4.11. The summed E-state index contributed by atoms with van der Waals surface area (Å²) in [6.45, 7) is 3.46. The van der Waals surface area contributed by atoms with E-state index in [2.05, 4.69) is 31.2 Å². The van der Waals surface area contributed by atoms with Gasteiger partial charge in [0.2, 0.25) is 0 Å². The number of carbonyl (C=O) groups excluding carboxylic acids is 1. The van der Waals surface area contributed by atoms with Crippen molar-refractivity contribution in [3.8, 4) is 5.75 Å². The summed E-state index contributed by atoms with van der Waals surface area (Å²) in [5.74, 6) is 0.262. The van der Waals surface area contributed by atoms with Crippen LogP contribution in [0.4, 0.5) is 0 Å². The van der Waals surface area contributed by atoms with E-state index in [9.17, 15) is 4.79 Å². The zero-order valence-corrected chi connectivity index (χ0v) is 11.1. The monoisotopic (exact) mass is 252 g/mol. The van der Waals surface area contributed by atoms with Crippen LogP contribution in [-0.2, 0) is 4.79 Å². The summed E-state index contributed by atoms with van der Waals surface area (Å²) < 4.78 is 5.05. The van der Waals surface area contributed by atoms with Gasteiger partial charge in [-0.1, -0.05) is 54.1 Å². The minimum atomic E-state index is -0.306. The second-order valence-corrected chi connectivity index (χ2v) is 4.41. The van der Waals surface area contributed by atoms with Crippen molar-refractivity contribution in [1.82, 2.24) is 0 Å². The SMILES string of the molecule is CC(=O)Oc1cccc(/C=C/c2ccc(C)cc2)c1. The lowest BCUT2D eigenvalue weighted by Gasteiger charge is -2.01. The van der Waals surface area contributed by atoms with Gasteiger partial charge in [-0.2, -0.15) is 0 Å². The van der Waals surface area contributed by atoms with E-state index < -0.39 is 0 Å². The van der Waals surface area contributed by atoms with Gasteiger partial charge in [-0.15, -0.1) is 0 Å². The Morgan fingerprint density at radius 3 is 2.37 bits per heavy atom. The van der Waals surface area contributed by atoms with Crippen molar-refractivity contribution in [3.63, 3.8) is 0 Å². The Balaban J connectivity index is 2.14. The normalized spacial score (nSPS) is 10.6. The Kier molecular flexibility index (Phi) is 4.14. The highest BCUT2D eigenvalue weighted by Crippen LogP contribution is 2.16. The maximum Gasteiger partial charge on any atom is 0.308 e. The molecule has 0 fully saturated rings. The third-order valence-electron chi connectivity index (χ3n) is 2.67. The molecule has 2 aromatic rings. The topological polar surface area (TPSA) is 26.3 Å². The quantitative estimate of drug-likeness (QED) is 0.467. The van der Waals surface area contributed by atoms with Crippen molar-refractivity contribution >= 4 is 18.1 Å². The molecular weight excluding hydrogens is 236 g/mol. The van der Waals surface area contributed by atoms with Crippen LogP contribution in [0.5, 0.6) is 5.75 Å². The zero-order chi connectivity index (χ0) is 13.7. The highest BCUT2D eigenvalue weighted by atomic mass is 16.5. The van der Waals surface area contributed by atoms with Crippen molar-refractivity contribution in [1.29, 1.82) is 0 Å². The number of rotatable bonds is 3. The Labute approximate surface area is 113 Å². The van der Waals surface area contributed by atoms with E-state index in [-0.39, 0.29) is 5.97 Å². The first-order valence-corrected chi connectivity index (χ1v) is 6.17. The third-order valence-corrected chi connectivity index (χ3v) is 2.67. The fourth-order valence-electron chi connectivity index (χ4n) is 1.72. The van der Waals surface area contributed by atoms with E-state index >= 15 is 0 Å². The lowest BCUT2D eigenvalue weighted by Crippen LogP contribution is -2.00. The van der Waals surface area contributed by atoms with Gasteiger partial charge in [-0.3, -0.25) is 4.79 Å². The highest BCUT2D eigenvalue weighted by Gasteiger charge is 1.97. The highest BCUT2D eigenvalue weighted by molar-refractivity contribution is 5.72. The lowest BCUT2D eigenvalue weighted by atomic mass is 10.1. The van der Waals surface area contributed by atoms with Gasteiger partial charge < -0.3 is 4.74 Å². The van der Waals surface area contributed by atoms with E-state index in [1.165, 1.54) is 12.5 Å². The predicted molar refractivity (Wildman–Crippen MR) is 77.9 cm³/mol. The second-order valence-electron chi connectivity index (χ2n) is 4.41. The molecule has 2 heteroatoms. The fraction of sp³-hybridized carbons (Fsp3) is 0.118. The Bertz CT molecular complexity index is 595. The smallest absolute Gasteiger partial charge is 0.308 e. The van der Waals surface area contributed by atoms with Crippen molar-refractivity contribution in [2.45, 2.75) is 13.8 Å². The molecule has 96 valence electrons. The van der Waals surface area contributed by atoms with E-state index in [0.29, 0.717) is 5.75 Å². The van der Waals surface area contributed by atoms with Crippen LogP contribution in [-0.4, -0.2) is 5.97 Å². The first kappa shape index (κ1) is 13.1. The van der Waals surface area contributed by atoms with Crippen LogP contribution in [0, 0.1) is 6.92 Å². The van der Waals surface area contributed by atoms with Crippen molar-refractivity contribution in [2.75, 3.05) is 0 Å². The van der Waals surface area contributed by atoms with Gasteiger partial charge in [-0.05, 0) is 30.2 Å². The molecule has 0 saturated heterocycles. The largest absolute Gasteiger partial charge is 0.427 e. The predicted octanol–water partition coefficient (Wildman–Crippen LogP) is 4.09. The van der Waals surface area contributed by atoms with Gasteiger partial charge >= 0.3 is 5.97 Å². The molecule has 0 saturated carbocycles. The fourth-order valence-corrected chi connectivity index (χ4v) is 1.72. The molecule has 0 aromatic heterocycles. The summed E-state index contributed by atoms with van der Waals surface area (Å²) in [6.07, 6.45) is 4.03. The average molecular weight is 252 g/mol. The van der Waals surface area contributed by atoms with Gasteiger partial charge in [-0.25, -0.2) is 0 Å². The van der Waals surface area contributed by atoms with Crippen LogP contribution >= 0.6 is 0 Å². The van der Waals surface area contributed by atoms with Crippen molar-refractivity contribution in [2.24, 2.45) is 0 Å². The van der Waals surface area contributed by atoms with Gasteiger partial charge in [0, 0.05) is 6.92 Å². The first-order valence-electron chi connectivity index (χ1n) is 6.17. The van der Waals surface area contributed by atoms with Crippen LogP contribution in [0.25, 0.3) is 12.2 Å². The number of aryl methyl sites for hydroxylation is 1. The minimum Gasteiger partial charge on any atom is -0.427 e. The van der Waals surface area contributed by atoms with Crippen LogP contribution in [0.1, 0.15) is 23.6 Å². The molecule has 0 spiro atoms. The maximum absolute atomic E-state index is 10.9. The molecular formula is C17H16O2. The van der Waals surface area contributed by atoms with Gasteiger partial charge in [0.05, 0.1) is 0 Å². The van der Waals surface area contributed by atoms with Crippen molar-refractivity contribution < 1.29 is 9.53 Å². The first-order chi connectivity index (χ1) is 9.13. The van der Waals surface area contributed by atoms with Crippen molar-refractivity contribution in [3.05, 3.63) is 65.2 Å². The standard InChI is InChI=1S/C17H16O2/c1-13-6-8-15(9-7-13)10-11-16-4-3-5-17(12-16)19-14(2)18/h3-12H,1-2H3/b11-10+. The lowest BCUT2D eigenvalue weighted by molar-refractivity contribution is -0.131. The molecule has 0 aliphatic rings. The van der Waals surface area contributed by atoms with E-state index in [1.54, 1.807) is 6.07 Å². The summed E-state index contributed by atoms with van der Waals surface area (Å²) in [6, 6.07) is 15.7. The summed E-state index contributed by atoms with van der Waals surface area (Å²) in [5.41, 5.74) is 3.39. The number of ether oxygens (including phenoxy) is 1. The molecule has 0 unspecified atom stereocenters. The summed E-state index contributed by atoms with van der Waals surface area (Å²) >= 11 is 0. The number of hydrogen-bond donors (Lipinski definition) is 0. The molecule has 2 nitrogen and oxygen atoms in total. The zero-order valence-electron chi connectivity index (χ0n) is 11.1. The number of carbonyl (C=O) groups is 1. The van der Waals surface area contributed by atoms with Gasteiger partial charge in [0.15, 0.2) is 0 Å². The molecule has 0 N–H and O–H groups in total. The molecule has 0 radical (unpaired) electrons. The Morgan fingerprint density at radius 2 is 1.68 bits per heavy atom. The molecule has 2 rings (SSSR count). The Hall–Kier alpha value is -2.35. The second kappa shape index (κ2) is 6.01. The maximum atomic E-state index is 10.9. The minimum absolute atomic E-state index is 0.306. The van der Waals surface area contributed by atoms with Crippen LogP contribution in [0.3, 0.4) is 0 Å². The van der Waals surface area contributed by atoms with Crippen LogP contribution in [0.15, 0.2) is 48.5 Å². The number of benzene rings is 2. The molecule has 0 aliphatic carbocycles. The van der Waals surface area contributed by atoms with E-state index in [4.69, 9.17) is 4.74 Å². The number of hydrogen-bond acceptors (Lipinski definition) is 2. The molecule has 0 amide bonds. The molecule has 2 aromatic carbocycles. The Morgan fingerprint density at radius 1 is 1.00 bits per heavy atom. The summed E-state index contributed by atoms with van der Waals surface area (Å²) in [7, 11) is 0. The molecule has 0 aliphatic heterocycles. The average Bonchev–Trinajstić information content (AvgIpc) is 2.38. The molecule has 19 heavy (non-hydrogen) atoms. The number of esters is 1. The summed E-state index contributed by atoms with van der Waals surface area (Å²) in [4.78, 5) is 10.9. The molecule has 0 heterocycles. The van der Waals surface area contributed by atoms with Gasteiger partial charge in [0.1, 0.15) is 5.75 Å². The molecule has 0 bridgehead atoms. The molecule has 0 atom stereocenters. The van der Waals surface area contributed by atoms with Crippen LogP contribution in [0.2, 0.25) is 0 Å². The summed E-state index contributed by atoms with van der Waals surface area (Å²) in [5, 5.41) is 0. The van der Waals surface area contributed by atoms with E-state index in [1.807, 2.05) is 30.4 Å².